The van der Waals surface area contributed by atoms with Crippen LogP contribution in [-0.2, 0) is 9.47 Å². The molecule has 0 saturated carbocycles. The summed E-state index contributed by atoms with van der Waals surface area (Å²) in [5.41, 5.74) is 3.11. The standard InChI is InChI=1S/C35H37N9O4/c1-41-16-18-42(19-17-41)25-13-11-24(12-14-25)38-35-37-23-26-32(40-35)39-33-31-27(43(44(33)34(26)45)29-9-2-4-15-36-29)7-6-8-28(31)46-21-22-48-30-10-3-5-20-47-30/h2,4,6-9,11-15,23,30H,3,5,10,16-22H2,1H3,(H,37,38,40). The van der Waals surface area contributed by atoms with Crippen LogP contribution in [0.1, 0.15) is 19.3 Å². The molecule has 2 aliphatic heterocycles. The van der Waals surface area contributed by atoms with Crippen LogP contribution in [0.25, 0.3) is 33.4 Å². The van der Waals surface area contributed by atoms with Crippen LogP contribution in [0.4, 0.5) is 17.3 Å². The van der Waals surface area contributed by atoms with E-state index in [1.807, 2.05) is 48.5 Å². The Labute approximate surface area is 276 Å². The molecular weight excluding hydrogens is 610 g/mol. The summed E-state index contributed by atoms with van der Waals surface area (Å²) >= 11 is 0. The Morgan fingerprint density at radius 2 is 1.81 bits per heavy atom. The van der Waals surface area contributed by atoms with E-state index in [1.54, 1.807) is 10.9 Å². The molecule has 13 heteroatoms. The van der Waals surface area contributed by atoms with Crippen molar-refractivity contribution in [1.29, 1.82) is 0 Å². The van der Waals surface area contributed by atoms with Crippen molar-refractivity contribution in [3.63, 3.8) is 0 Å². The third-order valence-corrected chi connectivity index (χ3v) is 8.90. The first-order valence-electron chi connectivity index (χ1n) is 16.4. The van der Waals surface area contributed by atoms with Crippen molar-refractivity contribution in [2.24, 2.45) is 0 Å². The molecule has 13 nitrogen and oxygen atoms in total. The summed E-state index contributed by atoms with van der Waals surface area (Å²) in [5.74, 6) is 1.49. The molecule has 4 aromatic heterocycles. The summed E-state index contributed by atoms with van der Waals surface area (Å²) in [6.07, 6.45) is 6.05. The van der Waals surface area contributed by atoms with Gasteiger partial charge in [0.05, 0.1) is 17.5 Å². The number of anilines is 3. The van der Waals surface area contributed by atoms with Crippen LogP contribution in [0.5, 0.6) is 5.75 Å². The fourth-order valence-corrected chi connectivity index (χ4v) is 6.35. The Bertz CT molecular complexity index is 2100. The average molecular weight is 648 g/mol. The number of nitrogens with zero attached hydrogens (tertiary/aromatic N) is 8. The molecule has 8 rings (SSSR count). The molecule has 2 aliphatic rings. The van der Waals surface area contributed by atoms with E-state index >= 15 is 0 Å². The first-order valence-corrected chi connectivity index (χ1v) is 16.4. The SMILES string of the molecule is CN1CCN(c2ccc(Nc3ncc4c(=O)n5c(nc4n3)c3c(OCCOC4CCCCO4)cccc3n5-c3ccccn3)cc2)CC1. The number of likely N-dealkylation sites (N-methyl/N-ethyl adjacent to an activating group) is 1. The number of aromatic nitrogens is 6. The van der Waals surface area contributed by atoms with Crippen molar-refractivity contribution in [3.8, 4) is 11.6 Å². The molecule has 1 unspecified atom stereocenters. The summed E-state index contributed by atoms with van der Waals surface area (Å²) < 4.78 is 21.1. The van der Waals surface area contributed by atoms with E-state index in [1.165, 1.54) is 16.4 Å². The number of hydrogen-bond donors (Lipinski definition) is 1. The predicted molar refractivity (Wildman–Crippen MR) is 184 cm³/mol. The van der Waals surface area contributed by atoms with E-state index in [4.69, 9.17) is 19.2 Å². The van der Waals surface area contributed by atoms with Crippen molar-refractivity contribution in [2.45, 2.75) is 25.6 Å². The van der Waals surface area contributed by atoms with Gasteiger partial charge < -0.3 is 29.3 Å². The largest absolute Gasteiger partial charge is 0.490 e. The summed E-state index contributed by atoms with van der Waals surface area (Å²) in [4.78, 5) is 37.6. The molecule has 0 bridgehead atoms. The fourth-order valence-electron chi connectivity index (χ4n) is 6.35. The molecule has 2 aromatic carbocycles. The van der Waals surface area contributed by atoms with Gasteiger partial charge in [-0.15, -0.1) is 0 Å². The van der Waals surface area contributed by atoms with Crippen LogP contribution >= 0.6 is 0 Å². The van der Waals surface area contributed by atoms with Gasteiger partial charge in [-0.2, -0.15) is 9.50 Å². The molecule has 0 spiro atoms. The summed E-state index contributed by atoms with van der Waals surface area (Å²) in [6, 6.07) is 19.5. The van der Waals surface area contributed by atoms with Gasteiger partial charge >= 0.3 is 0 Å². The normalized spacial score (nSPS) is 17.4. The summed E-state index contributed by atoms with van der Waals surface area (Å²) in [5, 5.41) is 4.23. The zero-order valence-electron chi connectivity index (χ0n) is 26.8. The molecule has 1 atom stereocenters. The molecule has 0 radical (unpaired) electrons. The lowest BCUT2D eigenvalue weighted by molar-refractivity contribution is -0.165. The minimum absolute atomic E-state index is 0.201. The molecule has 2 fully saturated rings. The molecule has 48 heavy (non-hydrogen) atoms. The van der Waals surface area contributed by atoms with Crippen molar-refractivity contribution < 1.29 is 14.2 Å². The van der Waals surface area contributed by atoms with Crippen LogP contribution in [0.15, 0.2) is 77.9 Å². The maximum Gasteiger partial charge on any atom is 0.284 e. The maximum absolute atomic E-state index is 14.2. The van der Waals surface area contributed by atoms with Gasteiger partial charge in [-0.3, -0.25) is 4.79 Å². The average Bonchev–Trinajstić information content (AvgIpc) is 3.47. The lowest BCUT2D eigenvalue weighted by Gasteiger charge is -2.34. The number of ether oxygens (including phenoxy) is 3. The minimum Gasteiger partial charge on any atom is -0.490 e. The minimum atomic E-state index is -0.316. The van der Waals surface area contributed by atoms with Crippen molar-refractivity contribution in [1.82, 2.24) is 34.0 Å². The van der Waals surface area contributed by atoms with Gasteiger partial charge in [0.1, 0.15) is 17.7 Å². The van der Waals surface area contributed by atoms with Crippen LogP contribution in [0.3, 0.4) is 0 Å². The smallest absolute Gasteiger partial charge is 0.284 e. The third kappa shape index (κ3) is 5.91. The molecule has 1 N–H and O–H groups in total. The third-order valence-electron chi connectivity index (χ3n) is 8.90. The van der Waals surface area contributed by atoms with E-state index in [-0.39, 0.29) is 22.9 Å². The van der Waals surface area contributed by atoms with Gasteiger partial charge in [-0.1, -0.05) is 12.1 Å². The van der Waals surface area contributed by atoms with E-state index in [2.05, 4.69) is 49.2 Å². The van der Waals surface area contributed by atoms with Crippen molar-refractivity contribution in [2.75, 3.05) is 63.3 Å². The van der Waals surface area contributed by atoms with Crippen LogP contribution in [0, 0.1) is 0 Å². The lowest BCUT2D eigenvalue weighted by atomic mass is 10.2. The van der Waals surface area contributed by atoms with Crippen molar-refractivity contribution >= 4 is 44.9 Å². The Kier molecular flexibility index (Phi) is 8.30. The fraction of sp³-hybridized carbons (Fsp3) is 0.343. The van der Waals surface area contributed by atoms with E-state index in [0.29, 0.717) is 41.8 Å². The van der Waals surface area contributed by atoms with Gasteiger partial charge in [0.2, 0.25) is 5.95 Å². The highest BCUT2D eigenvalue weighted by molar-refractivity contribution is 6.00. The first-order chi connectivity index (χ1) is 23.6. The first kappa shape index (κ1) is 30.2. The Balaban J connectivity index is 1.14. The van der Waals surface area contributed by atoms with Crippen LogP contribution in [0.2, 0.25) is 0 Å². The Morgan fingerprint density at radius 3 is 2.60 bits per heavy atom. The number of piperazine rings is 1. The van der Waals surface area contributed by atoms with Gasteiger partial charge in [0, 0.05) is 56.6 Å². The zero-order valence-corrected chi connectivity index (χ0v) is 26.8. The molecule has 6 heterocycles. The number of benzene rings is 2. The highest BCUT2D eigenvalue weighted by Gasteiger charge is 2.22. The Hall–Kier alpha value is -5.11. The topological polar surface area (TPSA) is 124 Å². The van der Waals surface area contributed by atoms with E-state index < -0.39 is 0 Å². The second-order valence-electron chi connectivity index (χ2n) is 12.1. The number of rotatable bonds is 9. The monoisotopic (exact) mass is 647 g/mol. The molecule has 0 aliphatic carbocycles. The lowest BCUT2D eigenvalue weighted by Crippen LogP contribution is -2.44. The number of hydrogen-bond acceptors (Lipinski definition) is 11. The number of nitrogens with one attached hydrogen (secondary N) is 1. The maximum atomic E-state index is 14.2. The highest BCUT2D eigenvalue weighted by atomic mass is 16.7. The quantitative estimate of drug-likeness (QED) is 0.225. The Morgan fingerprint density at radius 1 is 0.938 bits per heavy atom. The number of pyridine rings is 1. The second kappa shape index (κ2) is 13.2. The van der Waals surface area contributed by atoms with Crippen LogP contribution in [-0.4, -0.2) is 93.4 Å². The predicted octanol–water partition coefficient (Wildman–Crippen LogP) is 4.39. The van der Waals surface area contributed by atoms with Gasteiger partial charge in [-0.05, 0) is 74.8 Å². The van der Waals surface area contributed by atoms with Crippen molar-refractivity contribution in [3.05, 3.63) is 83.4 Å². The van der Waals surface area contributed by atoms with Gasteiger partial charge in [-0.25, -0.2) is 19.6 Å². The van der Waals surface area contributed by atoms with Gasteiger partial charge in [0.25, 0.3) is 5.56 Å². The molecule has 0 amide bonds. The second-order valence-corrected chi connectivity index (χ2v) is 12.1. The highest BCUT2D eigenvalue weighted by Crippen LogP contribution is 2.32. The zero-order chi connectivity index (χ0) is 32.5. The summed E-state index contributed by atoms with van der Waals surface area (Å²) in [7, 11) is 2.15. The molecular formula is C35H37N9O4. The van der Waals surface area contributed by atoms with Crippen LogP contribution < -0.4 is 20.5 Å². The summed E-state index contributed by atoms with van der Waals surface area (Å²) in [6.45, 7) is 5.48. The number of fused-ring (bicyclic) bond motifs is 4. The molecule has 2 saturated heterocycles. The van der Waals surface area contributed by atoms with E-state index in [9.17, 15) is 4.79 Å². The molecule has 246 valence electrons. The van der Waals surface area contributed by atoms with Gasteiger partial charge in [0.15, 0.2) is 23.4 Å². The van der Waals surface area contributed by atoms with E-state index in [0.717, 1.165) is 63.3 Å². The molecule has 6 aromatic rings.